The van der Waals surface area contributed by atoms with E-state index in [1.165, 1.54) is 29.0 Å². The van der Waals surface area contributed by atoms with Gasteiger partial charge >= 0.3 is 0 Å². The summed E-state index contributed by atoms with van der Waals surface area (Å²) in [6.07, 6.45) is 2.59. The lowest BCUT2D eigenvalue weighted by molar-refractivity contribution is 0.628. The third-order valence-corrected chi connectivity index (χ3v) is 4.62. The second kappa shape index (κ2) is 7.73. The van der Waals surface area contributed by atoms with Crippen molar-refractivity contribution < 1.29 is 4.39 Å². The quantitative estimate of drug-likeness (QED) is 0.620. The maximum absolute atomic E-state index is 12.9. The molecule has 2 aromatic carbocycles. The van der Waals surface area contributed by atoms with Crippen molar-refractivity contribution in [1.82, 2.24) is 4.98 Å². The second-order valence-electron chi connectivity index (χ2n) is 5.41. The predicted octanol–water partition coefficient (Wildman–Crippen LogP) is 5.49. The zero-order valence-corrected chi connectivity index (χ0v) is 14.5. The summed E-state index contributed by atoms with van der Waals surface area (Å²) < 4.78 is 12.9. The van der Waals surface area contributed by atoms with Gasteiger partial charge in [0.05, 0.1) is 5.69 Å². The Kier molecular flexibility index (Phi) is 5.22. The molecule has 0 saturated carbocycles. The second-order valence-corrected chi connectivity index (χ2v) is 6.27. The van der Waals surface area contributed by atoms with Crippen molar-refractivity contribution in [3.05, 3.63) is 76.5 Å². The van der Waals surface area contributed by atoms with E-state index in [-0.39, 0.29) is 5.82 Å². The van der Waals surface area contributed by atoms with E-state index in [1.54, 1.807) is 18.3 Å². The lowest BCUT2D eigenvalue weighted by Gasteiger charge is -2.01. The number of aromatic nitrogens is 1. The number of nitrogens with one attached hydrogen (secondary N) is 1. The van der Waals surface area contributed by atoms with E-state index < -0.39 is 0 Å². The molecule has 0 aliphatic rings. The first-order valence-corrected chi connectivity index (χ1v) is 8.75. The lowest BCUT2D eigenvalue weighted by Crippen LogP contribution is -1.91. The van der Waals surface area contributed by atoms with Crippen LogP contribution in [0.25, 0.3) is 16.8 Å². The molecule has 3 rings (SSSR count). The van der Waals surface area contributed by atoms with Gasteiger partial charge in [0.25, 0.3) is 0 Å². The molecule has 3 nitrogen and oxygen atoms in total. The number of benzene rings is 2. The average molecular weight is 349 g/mol. The molecule has 0 radical (unpaired) electrons. The Labute approximate surface area is 150 Å². The number of halogens is 1. The number of hydrogen-bond donors (Lipinski definition) is 1. The largest absolute Gasteiger partial charge is 0.360 e. The summed E-state index contributed by atoms with van der Waals surface area (Å²) in [5, 5.41) is 15.0. The van der Waals surface area contributed by atoms with Gasteiger partial charge in [0.2, 0.25) is 0 Å². The monoisotopic (exact) mass is 349 g/mol. The first-order chi connectivity index (χ1) is 12.2. The van der Waals surface area contributed by atoms with Crippen molar-refractivity contribution in [3.8, 4) is 17.3 Å². The van der Waals surface area contributed by atoms with E-state index in [1.807, 2.05) is 17.5 Å². The molecule has 0 aliphatic carbocycles. The maximum Gasteiger partial charge on any atom is 0.136 e. The van der Waals surface area contributed by atoms with Crippen LogP contribution in [-0.4, -0.2) is 4.98 Å². The Morgan fingerprint density at radius 2 is 1.92 bits per heavy atom. The highest BCUT2D eigenvalue weighted by Crippen LogP contribution is 2.26. The van der Waals surface area contributed by atoms with Gasteiger partial charge in [0.1, 0.15) is 22.5 Å². The summed E-state index contributed by atoms with van der Waals surface area (Å²) in [7, 11) is 0. The van der Waals surface area contributed by atoms with Crippen molar-refractivity contribution in [2.75, 3.05) is 5.32 Å². The SMILES string of the molecule is CCc1ccc(-c2csc(/C(C#N)=C/Nc3ccc(F)cc3)n2)cc1. The third kappa shape index (κ3) is 4.11. The zero-order chi connectivity index (χ0) is 17.6. The molecule has 0 spiro atoms. The molecule has 0 bridgehead atoms. The van der Waals surface area contributed by atoms with E-state index in [2.05, 4.69) is 35.4 Å². The van der Waals surface area contributed by atoms with Gasteiger partial charge in [-0.15, -0.1) is 11.3 Å². The highest BCUT2D eigenvalue weighted by Gasteiger charge is 2.09. The number of hydrogen-bond acceptors (Lipinski definition) is 4. The van der Waals surface area contributed by atoms with Crippen LogP contribution in [0.1, 0.15) is 17.5 Å². The summed E-state index contributed by atoms with van der Waals surface area (Å²) in [5.41, 5.74) is 4.31. The molecule has 0 aliphatic heterocycles. The Morgan fingerprint density at radius 3 is 2.56 bits per heavy atom. The summed E-state index contributed by atoms with van der Waals surface area (Å²) >= 11 is 1.42. The number of anilines is 1. The highest BCUT2D eigenvalue weighted by atomic mass is 32.1. The average Bonchev–Trinajstić information content (AvgIpc) is 3.14. The van der Waals surface area contributed by atoms with Crippen LogP contribution in [0.5, 0.6) is 0 Å². The molecule has 0 amide bonds. The fourth-order valence-corrected chi connectivity index (χ4v) is 3.08. The van der Waals surface area contributed by atoms with E-state index >= 15 is 0 Å². The fourth-order valence-electron chi connectivity index (χ4n) is 2.28. The van der Waals surface area contributed by atoms with Crippen molar-refractivity contribution >= 4 is 22.6 Å². The molecule has 0 saturated heterocycles. The van der Waals surface area contributed by atoms with Gasteiger partial charge in [-0.05, 0) is 36.2 Å². The van der Waals surface area contributed by atoms with Crippen molar-refractivity contribution in [1.29, 1.82) is 5.26 Å². The van der Waals surface area contributed by atoms with Gasteiger partial charge in [0, 0.05) is 22.8 Å². The maximum atomic E-state index is 12.9. The topological polar surface area (TPSA) is 48.7 Å². The van der Waals surface area contributed by atoms with Crippen LogP contribution in [0.15, 0.2) is 60.1 Å². The Balaban J connectivity index is 1.79. The van der Waals surface area contributed by atoms with Crippen LogP contribution in [0.2, 0.25) is 0 Å². The number of allylic oxidation sites excluding steroid dienone is 1. The van der Waals surface area contributed by atoms with Gasteiger partial charge in [0.15, 0.2) is 0 Å². The van der Waals surface area contributed by atoms with Gasteiger partial charge in [-0.1, -0.05) is 31.2 Å². The molecule has 0 atom stereocenters. The van der Waals surface area contributed by atoms with Crippen LogP contribution in [-0.2, 0) is 6.42 Å². The molecule has 0 fully saturated rings. The van der Waals surface area contributed by atoms with Crippen LogP contribution in [0.3, 0.4) is 0 Å². The van der Waals surface area contributed by atoms with Crippen molar-refractivity contribution in [3.63, 3.8) is 0 Å². The first kappa shape index (κ1) is 16.9. The van der Waals surface area contributed by atoms with Gasteiger partial charge in [-0.25, -0.2) is 9.37 Å². The lowest BCUT2D eigenvalue weighted by atomic mass is 10.1. The Hall–Kier alpha value is -2.97. The van der Waals surface area contributed by atoms with Crippen molar-refractivity contribution in [2.45, 2.75) is 13.3 Å². The number of rotatable bonds is 5. The van der Waals surface area contributed by atoms with E-state index in [9.17, 15) is 9.65 Å². The zero-order valence-electron chi connectivity index (χ0n) is 13.7. The summed E-state index contributed by atoms with van der Waals surface area (Å²) in [5.74, 6) is -0.298. The van der Waals surface area contributed by atoms with Crippen LogP contribution < -0.4 is 5.32 Å². The predicted molar refractivity (Wildman–Crippen MR) is 101 cm³/mol. The number of aryl methyl sites for hydroxylation is 1. The van der Waals surface area contributed by atoms with Crippen LogP contribution >= 0.6 is 11.3 Å². The standard InChI is InChI=1S/C20H16FN3S/c1-2-14-3-5-15(6-4-14)19-13-25-20(24-19)16(11-22)12-23-18-9-7-17(21)8-10-18/h3-10,12-13,23H,2H2,1H3/b16-12+. The van der Waals surface area contributed by atoms with E-state index in [0.29, 0.717) is 16.3 Å². The molecule has 1 N–H and O–H groups in total. The minimum atomic E-state index is -0.298. The smallest absolute Gasteiger partial charge is 0.136 e. The highest BCUT2D eigenvalue weighted by molar-refractivity contribution is 7.11. The molecule has 5 heteroatoms. The first-order valence-electron chi connectivity index (χ1n) is 7.87. The summed E-state index contributed by atoms with van der Waals surface area (Å²) in [6.45, 7) is 2.12. The molecular formula is C20H16FN3S. The summed E-state index contributed by atoms with van der Waals surface area (Å²) in [6, 6.07) is 16.4. The Bertz CT molecular complexity index is 919. The number of thiazole rings is 1. The van der Waals surface area contributed by atoms with E-state index in [4.69, 9.17) is 0 Å². The molecule has 124 valence electrons. The van der Waals surface area contributed by atoms with Gasteiger partial charge < -0.3 is 5.32 Å². The summed E-state index contributed by atoms with van der Waals surface area (Å²) in [4.78, 5) is 4.56. The van der Waals surface area contributed by atoms with E-state index in [0.717, 1.165) is 17.7 Å². The number of nitriles is 1. The number of nitrogens with zero attached hydrogens (tertiary/aromatic N) is 2. The third-order valence-electron chi connectivity index (χ3n) is 3.74. The minimum Gasteiger partial charge on any atom is -0.360 e. The normalized spacial score (nSPS) is 11.2. The molecule has 1 aromatic heterocycles. The van der Waals surface area contributed by atoms with Crippen LogP contribution in [0.4, 0.5) is 10.1 Å². The molecule has 3 aromatic rings. The van der Waals surface area contributed by atoms with Crippen molar-refractivity contribution in [2.24, 2.45) is 0 Å². The fraction of sp³-hybridized carbons (Fsp3) is 0.100. The molecule has 0 unspecified atom stereocenters. The molecule has 1 heterocycles. The minimum absolute atomic E-state index is 0.298. The van der Waals surface area contributed by atoms with Gasteiger partial charge in [-0.2, -0.15) is 5.26 Å². The van der Waals surface area contributed by atoms with Crippen LogP contribution in [0, 0.1) is 17.1 Å². The molecular weight excluding hydrogens is 333 g/mol. The van der Waals surface area contributed by atoms with Gasteiger partial charge in [-0.3, -0.25) is 0 Å². The molecule has 25 heavy (non-hydrogen) atoms. The Morgan fingerprint density at radius 1 is 1.20 bits per heavy atom.